The van der Waals surface area contributed by atoms with Crippen molar-refractivity contribution in [3.63, 3.8) is 0 Å². The molecule has 2 aromatic carbocycles. The first-order valence-electron chi connectivity index (χ1n) is 7.96. The molecule has 0 saturated carbocycles. The maximum atomic E-state index is 12.9. The van der Waals surface area contributed by atoms with Gasteiger partial charge in [-0.2, -0.15) is 0 Å². The van der Waals surface area contributed by atoms with Gasteiger partial charge in [0.15, 0.2) is 0 Å². The number of benzene rings is 2. The Kier molecular flexibility index (Phi) is 7.47. The van der Waals surface area contributed by atoms with Crippen LogP contribution in [0.3, 0.4) is 0 Å². The van der Waals surface area contributed by atoms with Crippen molar-refractivity contribution in [1.82, 2.24) is 5.32 Å². The largest absolute Gasteiger partial charge is 0.466 e. The first-order chi connectivity index (χ1) is 12.1. The summed E-state index contributed by atoms with van der Waals surface area (Å²) in [6, 6.07) is 14.8. The first-order valence-corrected chi connectivity index (χ1v) is 8.95. The number of thioether (sulfide) groups is 1. The average molecular weight is 361 g/mol. The lowest BCUT2D eigenvalue weighted by Crippen LogP contribution is -2.31. The highest BCUT2D eigenvalue weighted by molar-refractivity contribution is 8.00. The lowest BCUT2D eigenvalue weighted by molar-refractivity contribution is -0.143. The minimum absolute atomic E-state index is 0.0742. The molecule has 4 nitrogen and oxygen atoms in total. The predicted octanol–water partition coefficient (Wildman–Crippen LogP) is 3.73. The van der Waals surface area contributed by atoms with Gasteiger partial charge >= 0.3 is 5.97 Å². The van der Waals surface area contributed by atoms with E-state index in [0.29, 0.717) is 6.61 Å². The minimum atomic E-state index is -0.443. The highest BCUT2D eigenvalue weighted by Gasteiger charge is 2.19. The molecule has 0 spiro atoms. The van der Waals surface area contributed by atoms with Gasteiger partial charge in [-0.1, -0.05) is 30.3 Å². The smallest absolute Gasteiger partial charge is 0.308 e. The van der Waals surface area contributed by atoms with E-state index < -0.39 is 6.04 Å². The molecule has 25 heavy (non-hydrogen) atoms. The summed E-state index contributed by atoms with van der Waals surface area (Å²) in [6.07, 6.45) is 0.0742. The Morgan fingerprint density at radius 2 is 1.80 bits per heavy atom. The van der Waals surface area contributed by atoms with Crippen LogP contribution in [0.1, 0.15) is 24.9 Å². The zero-order valence-corrected chi connectivity index (χ0v) is 14.7. The van der Waals surface area contributed by atoms with Gasteiger partial charge in [0.05, 0.1) is 24.8 Å². The van der Waals surface area contributed by atoms with E-state index in [4.69, 9.17) is 4.74 Å². The van der Waals surface area contributed by atoms with Gasteiger partial charge in [0.1, 0.15) is 5.82 Å². The lowest BCUT2D eigenvalue weighted by atomic mass is 10.0. The minimum Gasteiger partial charge on any atom is -0.466 e. The van der Waals surface area contributed by atoms with Crippen molar-refractivity contribution in [2.24, 2.45) is 0 Å². The summed E-state index contributed by atoms with van der Waals surface area (Å²) in [6.45, 7) is 2.04. The molecule has 1 amide bonds. The maximum Gasteiger partial charge on any atom is 0.308 e. The second-order valence-electron chi connectivity index (χ2n) is 5.28. The van der Waals surface area contributed by atoms with Crippen LogP contribution in [0.4, 0.5) is 4.39 Å². The van der Waals surface area contributed by atoms with Crippen molar-refractivity contribution in [2.45, 2.75) is 24.3 Å². The van der Waals surface area contributed by atoms with Crippen LogP contribution < -0.4 is 5.32 Å². The zero-order valence-electron chi connectivity index (χ0n) is 13.9. The summed E-state index contributed by atoms with van der Waals surface area (Å²) in [5.41, 5.74) is 0.843. The Hall–Kier alpha value is -2.34. The van der Waals surface area contributed by atoms with E-state index in [1.807, 2.05) is 30.3 Å². The van der Waals surface area contributed by atoms with Crippen LogP contribution in [0.25, 0.3) is 0 Å². The van der Waals surface area contributed by atoms with Gasteiger partial charge in [-0.25, -0.2) is 4.39 Å². The van der Waals surface area contributed by atoms with Crippen LogP contribution >= 0.6 is 11.8 Å². The normalized spacial score (nSPS) is 11.6. The Balaban J connectivity index is 1.96. The van der Waals surface area contributed by atoms with Crippen molar-refractivity contribution in [3.05, 3.63) is 66.0 Å². The average Bonchev–Trinajstić information content (AvgIpc) is 2.62. The molecule has 0 bridgehead atoms. The lowest BCUT2D eigenvalue weighted by Gasteiger charge is -2.18. The molecule has 132 valence electrons. The standard InChI is InChI=1S/C19H20FNO3S/c1-2-24-19(23)12-17(14-6-4-3-5-7-14)21-18(22)13-25-16-10-8-15(20)9-11-16/h3-11,17H,2,12-13H2,1H3,(H,21,22)/t17-/m1/s1. The van der Waals surface area contributed by atoms with Crippen LogP contribution in [0.2, 0.25) is 0 Å². The molecule has 0 fully saturated rings. The van der Waals surface area contributed by atoms with Gasteiger partial charge in [0.25, 0.3) is 0 Å². The highest BCUT2D eigenvalue weighted by Crippen LogP contribution is 2.20. The van der Waals surface area contributed by atoms with Gasteiger partial charge in [-0.05, 0) is 36.8 Å². The predicted molar refractivity (Wildman–Crippen MR) is 95.7 cm³/mol. The molecule has 1 N–H and O–H groups in total. The van der Waals surface area contributed by atoms with Gasteiger partial charge < -0.3 is 10.1 Å². The SMILES string of the molecule is CCOC(=O)C[C@@H](NC(=O)CSc1ccc(F)cc1)c1ccccc1. The Morgan fingerprint density at radius 1 is 1.12 bits per heavy atom. The summed E-state index contributed by atoms with van der Waals surface area (Å²) >= 11 is 1.31. The molecule has 0 aliphatic rings. The van der Waals surface area contributed by atoms with Crippen LogP contribution in [0.5, 0.6) is 0 Å². The van der Waals surface area contributed by atoms with E-state index in [-0.39, 0.29) is 29.9 Å². The summed E-state index contributed by atoms with van der Waals surface area (Å²) < 4.78 is 17.9. The summed E-state index contributed by atoms with van der Waals surface area (Å²) in [4.78, 5) is 24.9. The molecule has 0 aliphatic carbocycles. The van der Waals surface area contributed by atoms with E-state index in [0.717, 1.165) is 10.5 Å². The number of esters is 1. The third-order valence-corrected chi connectivity index (χ3v) is 4.41. The number of rotatable bonds is 8. The molecule has 0 radical (unpaired) electrons. The number of nitrogens with one attached hydrogen (secondary N) is 1. The van der Waals surface area contributed by atoms with Crippen molar-refractivity contribution in [1.29, 1.82) is 0 Å². The second kappa shape index (κ2) is 9.84. The van der Waals surface area contributed by atoms with Gasteiger partial charge in [0, 0.05) is 4.90 Å². The topological polar surface area (TPSA) is 55.4 Å². The number of carbonyl (C=O) groups is 2. The third kappa shape index (κ3) is 6.58. The summed E-state index contributed by atoms with van der Waals surface area (Å²) in [7, 11) is 0. The Labute approximate surface area is 150 Å². The molecular weight excluding hydrogens is 341 g/mol. The molecule has 1 atom stereocenters. The maximum absolute atomic E-state index is 12.9. The van der Waals surface area contributed by atoms with E-state index >= 15 is 0 Å². The van der Waals surface area contributed by atoms with Crippen LogP contribution in [-0.4, -0.2) is 24.2 Å². The van der Waals surface area contributed by atoms with Gasteiger partial charge in [-0.15, -0.1) is 11.8 Å². The molecule has 0 heterocycles. The molecular formula is C19H20FNO3S. The Morgan fingerprint density at radius 3 is 2.44 bits per heavy atom. The zero-order chi connectivity index (χ0) is 18.1. The van der Waals surface area contributed by atoms with E-state index in [2.05, 4.69) is 5.32 Å². The molecule has 0 unspecified atom stereocenters. The summed E-state index contributed by atoms with van der Waals surface area (Å²) in [5, 5.41) is 2.87. The molecule has 2 aromatic rings. The van der Waals surface area contributed by atoms with Crippen molar-refractivity contribution < 1.29 is 18.7 Å². The van der Waals surface area contributed by atoms with Crippen LogP contribution in [0, 0.1) is 5.82 Å². The third-order valence-electron chi connectivity index (χ3n) is 3.40. The fraction of sp³-hybridized carbons (Fsp3) is 0.263. The van der Waals surface area contributed by atoms with E-state index in [1.165, 1.54) is 23.9 Å². The van der Waals surface area contributed by atoms with E-state index in [9.17, 15) is 14.0 Å². The van der Waals surface area contributed by atoms with Crippen molar-refractivity contribution >= 4 is 23.6 Å². The Bertz CT molecular complexity index is 692. The molecule has 0 saturated heterocycles. The van der Waals surface area contributed by atoms with Crippen molar-refractivity contribution in [3.8, 4) is 0 Å². The fourth-order valence-corrected chi connectivity index (χ4v) is 2.95. The number of amides is 1. The molecule has 0 aromatic heterocycles. The summed E-state index contributed by atoms with van der Waals surface area (Å²) in [5.74, 6) is -0.694. The van der Waals surface area contributed by atoms with Gasteiger partial charge in [0.2, 0.25) is 5.91 Å². The molecule has 6 heteroatoms. The van der Waals surface area contributed by atoms with Gasteiger partial charge in [-0.3, -0.25) is 9.59 Å². The fourth-order valence-electron chi connectivity index (χ4n) is 2.24. The second-order valence-corrected chi connectivity index (χ2v) is 6.33. The number of halogens is 1. The monoisotopic (exact) mass is 361 g/mol. The number of carbonyl (C=O) groups excluding carboxylic acids is 2. The quantitative estimate of drug-likeness (QED) is 0.575. The number of ether oxygens (including phenoxy) is 1. The number of hydrogen-bond acceptors (Lipinski definition) is 4. The number of hydrogen-bond donors (Lipinski definition) is 1. The van der Waals surface area contributed by atoms with Crippen molar-refractivity contribution in [2.75, 3.05) is 12.4 Å². The highest BCUT2D eigenvalue weighted by atomic mass is 32.2. The molecule has 0 aliphatic heterocycles. The molecule has 2 rings (SSSR count). The first kappa shape index (κ1) is 19.0. The van der Waals surface area contributed by atoms with Crippen LogP contribution in [0.15, 0.2) is 59.5 Å². The van der Waals surface area contributed by atoms with E-state index in [1.54, 1.807) is 19.1 Å². The van der Waals surface area contributed by atoms with Crippen LogP contribution in [-0.2, 0) is 14.3 Å².